The summed E-state index contributed by atoms with van der Waals surface area (Å²) in [6.45, 7) is 10.6. The van der Waals surface area contributed by atoms with Crippen molar-refractivity contribution >= 4 is 0 Å². The summed E-state index contributed by atoms with van der Waals surface area (Å²) >= 11 is 0. The fraction of sp³-hybridized carbons (Fsp3) is 0.733. The lowest BCUT2D eigenvalue weighted by molar-refractivity contribution is 0.190. The number of rotatable bonds is 9. The molecular weight excluding hydrogens is 224 g/mol. The topological polar surface area (TPSA) is 26.2 Å². The van der Waals surface area contributed by atoms with Crippen LogP contribution in [0.5, 0.6) is 0 Å². The van der Waals surface area contributed by atoms with Gasteiger partial charge in [0.1, 0.15) is 0 Å². The van der Waals surface area contributed by atoms with Gasteiger partial charge in [-0.1, -0.05) is 13.3 Å². The van der Waals surface area contributed by atoms with Crippen LogP contribution in [0.4, 0.5) is 0 Å². The van der Waals surface area contributed by atoms with E-state index in [1.807, 2.05) is 0 Å². The van der Waals surface area contributed by atoms with Gasteiger partial charge in [-0.2, -0.15) is 0 Å². The Morgan fingerprint density at radius 3 is 2.72 bits per heavy atom. The molecule has 0 unspecified atom stereocenters. The smallest absolute Gasteiger partial charge is 0.0479 e. The van der Waals surface area contributed by atoms with Crippen molar-refractivity contribution in [2.24, 2.45) is 0 Å². The third kappa shape index (κ3) is 4.46. The normalized spacial score (nSPS) is 11.1. The number of nitrogens with one attached hydrogen (secondary N) is 1. The van der Waals surface area contributed by atoms with Gasteiger partial charge >= 0.3 is 0 Å². The quantitative estimate of drug-likeness (QED) is 0.684. The van der Waals surface area contributed by atoms with Crippen LogP contribution in [0.1, 0.15) is 43.1 Å². The molecule has 1 aromatic heterocycles. The summed E-state index contributed by atoms with van der Waals surface area (Å²) in [5.74, 6) is 0. The van der Waals surface area contributed by atoms with Gasteiger partial charge in [-0.3, -0.25) is 0 Å². The minimum atomic E-state index is 0.834. The standard InChI is InChI=1S/C15H28N2O/c1-5-6-8-16-12-15-11-13(2)17(14(15)3)9-7-10-18-4/h11,16H,5-10,12H2,1-4H3. The van der Waals surface area contributed by atoms with Gasteiger partial charge < -0.3 is 14.6 Å². The van der Waals surface area contributed by atoms with Crippen molar-refractivity contribution in [3.05, 3.63) is 23.0 Å². The van der Waals surface area contributed by atoms with Gasteiger partial charge in [-0.25, -0.2) is 0 Å². The fourth-order valence-corrected chi connectivity index (χ4v) is 2.29. The van der Waals surface area contributed by atoms with Crippen LogP contribution >= 0.6 is 0 Å². The lowest BCUT2D eigenvalue weighted by Gasteiger charge is -2.10. The Balaban J connectivity index is 2.51. The van der Waals surface area contributed by atoms with Gasteiger partial charge in [0.05, 0.1) is 0 Å². The van der Waals surface area contributed by atoms with Crippen molar-refractivity contribution in [2.75, 3.05) is 20.3 Å². The van der Waals surface area contributed by atoms with Gasteiger partial charge in [-0.15, -0.1) is 0 Å². The molecule has 0 aliphatic rings. The van der Waals surface area contributed by atoms with Gasteiger partial charge in [0, 0.05) is 38.2 Å². The van der Waals surface area contributed by atoms with Crippen LogP contribution in [0.3, 0.4) is 0 Å². The van der Waals surface area contributed by atoms with Crippen molar-refractivity contribution in [3.8, 4) is 0 Å². The monoisotopic (exact) mass is 252 g/mol. The largest absolute Gasteiger partial charge is 0.385 e. The second-order valence-corrected chi connectivity index (χ2v) is 4.92. The van der Waals surface area contributed by atoms with E-state index in [1.165, 1.54) is 29.8 Å². The van der Waals surface area contributed by atoms with E-state index in [4.69, 9.17) is 4.74 Å². The first-order valence-corrected chi connectivity index (χ1v) is 7.06. The highest BCUT2D eigenvalue weighted by molar-refractivity contribution is 5.26. The van der Waals surface area contributed by atoms with E-state index >= 15 is 0 Å². The Kier molecular flexibility index (Phi) is 7.06. The molecule has 0 spiro atoms. The highest BCUT2D eigenvalue weighted by Crippen LogP contribution is 2.15. The van der Waals surface area contributed by atoms with E-state index in [0.717, 1.165) is 32.7 Å². The fourth-order valence-electron chi connectivity index (χ4n) is 2.29. The van der Waals surface area contributed by atoms with E-state index in [0.29, 0.717) is 0 Å². The Morgan fingerprint density at radius 2 is 2.06 bits per heavy atom. The summed E-state index contributed by atoms with van der Waals surface area (Å²) in [7, 11) is 1.76. The molecule has 3 nitrogen and oxygen atoms in total. The molecule has 1 N–H and O–H groups in total. The second kappa shape index (κ2) is 8.33. The summed E-state index contributed by atoms with van der Waals surface area (Å²) in [4.78, 5) is 0. The molecule has 0 aromatic carbocycles. The minimum absolute atomic E-state index is 0.834. The van der Waals surface area contributed by atoms with Crippen molar-refractivity contribution in [2.45, 2.75) is 53.1 Å². The molecule has 0 saturated carbocycles. The number of aromatic nitrogens is 1. The minimum Gasteiger partial charge on any atom is -0.385 e. The molecule has 0 saturated heterocycles. The van der Waals surface area contributed by atoms with Gasteiger partial charge in [0.15, 0.2) is 0 Å². The van der Waals surface area contributed by atoms with E-state index < -0.39 is 0 Å². The van der Waals surface area contributed by atoms with Crippen LogP contribution in [-0.4, -0.2) is 24.8 Å². The lowest BCUT2D eigenvalue weighted by atomic mass is 10.2. The van der Waals surface area contributed by atoms with Gasteiger partial charge in [-0.05, 0) is 44.9 Å². The molecule has 0 aliphatic heterocycles. The Morgan fingerprint density at radius 1 is 1.28 bits per heavy atom. The Labute approximate surface area is 112 Å². The van der Waals surface area contributed by atoms with Crippen LogP contribution in [0.25, 0.3) is 0 Å². The first-order chi connectivity index (χ1) is 8.70. The maximum atomic E-state index is 5.12. The maximum absolute atomic E-state index is 5.12. The van der Waals surface area contributed by atoms with Crippen LogP contribution in [0, 0.1) is 13.8 Å². The number of hydrogen-bond donors (Lipinski definition) is 1. The molecule has 1 aromatic rings. The number of hydrogen-bond acceptors (Lipinski definition) is 2. The average Bonchev–Trinajstić information content (AvgIpc) is 2.62. The first-order valence-electron chi connectivity index (χ1n) is 7.06. The molecule has 0 aliphatic carbocycles. The van der Waals surface area contributed by atoms with E-state index in [-0.39, 0.29) is 0 Å². The predicted molar refractivity (Wildman–Crippen MR) is 77.0 cm³/mol. The molecule has 18 heavy (non-hydrogen) atoms. The Hall–Kier alpha value is -0.800. The van der Waals surface area contributed by atoms with Crippen LogP contribution in [0.2, 0.25) is 0 Å². The van der Waals surface area contributed by atoms with Crippen LogP contribution in [0.15, 0.2) is 6.07 Å². The first kappa shape index (κ1) is 15.3. The SMILES string of the molecule is CCCCNCc1cc(C)n(CCCOC)c1C. The third-order valence-electron chi connectivity index (χ3n) is 3.43. The molecule has 1 rings (SSSR count). The molecule has 0 amide bonds. The van der Waals surface area contributed by atoms with E-state index in [9.17, 15) is 0 Å². The number of aryl methyl sites for hydroxylation is 1. The zero-order valence-corrected chi connectivity index (χ0v) is 12.4. The highest BCUT2D eigenvalue weighted by Gasteiger charge is 2.08. The molecular formula is C15H28N2O. The predicted octanol–water partition coefficient (Wildman–Crippen LogP) is 3.03. The van der Waals surface area contributed by atoms with Gasteiger partial charge in [0.2, 0.25) is 0 Å². The highest BCUT2D eigenvalue weighted by atomic mass is 16.5. The summed E-state index contributed by atoms with van der Waals surface area (Å²) in [6.07, 6.45) is 3.59. The van der Waals surface area contributed by atoms with Crippen LogP contribution in [-0.2, 0) is 17.8 Å². The van der Waals surface area contributed by atoms with Crippen molar-refractivity contribution in [3.63, 3.8) is 0 Å². The number of unbranched alkanes of at least 4 members (excludes halogenated alkanes) is 1. The summed E-state index contributed by atoms with van der Waals surface area (Å²) in [5, 5.41) is 3.51. The molecule has 0 radical (unpaired) electrons. The average molecular weight is 252 g/mol. The van der Waals surface area contributed by atoms with E-state index in [1.54, 1.807) is 7.11 Å². The molecule has 3 heteroatoms. The zero-order chi connectivity index (χ0) is 13.4. The summed E-state index contributed by atoms with van der Waals surface area (Å²) in [5.41, 5.74) is 4.18. The van der Waals surface area contributed by atoms with Gasteiger partial charge in [0.25, 0.3) is 0 Å². The lowest BCUT2D eigenvalue weighted by Crippen LogP contribution is -2.15. The Bertz CT molecular complexity index is 345. The van der Waals surface area contributed by atoms with E-state index in [2.05, 4.69) is 36.7 Å². The van der Waals surface area contributed by atoms with Crippen molar-refractivity contribution < 1.29 is 4.74 Å². The van der Waals surface area contributed by atoms with Crippen LogP contribution < -0.4 is 5.32 Å². The molecule has 104 valence electrons. The number of ether oxygens (including phenoxy) is 1. The summed E-state index contributed by atoms with van der Waals surface area (Å²) < 4.78 is 7.51. The molecule has 1 heterocycles. The molecule has 0 fully saturated rings. The third-order valence-corrected chi connectivity index (χ3v) is 3.43. The number of nitrogens with zero attached hydrogens (tertiary/aromatic N) is 1. The summed E-state index contributed by atoms with van der Waals surface area (Å²) in [6, 6.07) is 2.31. The maximum Gasteiger partial charge on any atom is 0.0479 e. The van der Waals surface area contributed by atoms with Crippen molar-refractivity contribution in [1.82, 2.24) is 9.88 Å². The molecule has 0 atom stereocenters. The number of methoxy groups -OCH3 is 1. The second-order valence-electron chi connectivity index (χ2n) is 4.92. The van der Waals surface area contributed by atoms with Crippen molar-refractivity contribution in [1.29, 1.82) is 0 Å². The molecule has 0 bridgehead atoms. The zero-order valence-electron chi connectivity index (χ0n) is 12.4.